The predicted molar refractivity (Wildman–Crippen MR) is 188 cm³/mol. The van der Waals surface area contributed by atoms with Crippen molar-refractivity contribution < 1.29 is 27.8 Å². The number of carbonyl (C=O) groups excluding carboxylic acids is 2. The molecule has 1 fully saturated rings. The lowest BCUT2D eigenvalue weighted by atomic mass is 9.73. The third-order valence-electron chi connectivity index (χ3n) is 9.70. The van der Waals surface area contributed by atoms with Crippen molar-refractivity contribution in [1.29, 1.82) is 0 Å². The fourth-order valence-electron chi connectivity index (χ4n) is 6.70. The maximum absolute atomic E-state index is 14.8. The number of amides is 1. The summed E-state index contributed by atoms with van der Waals surface area (Å²) in [5, 5.41) is 16.1. The second kappa shape index (κ2) is 14.4. The van der Waals surface area contributed by atoms with E-state index in [9.17, 15) is 18.4 Å². The molecule has 2 aromatic carbocycles. The van der Waals surface area contributed by atoms with E-state index in [1.165, 1.54) is 25.2 Å². The first-order valence-corrected chi connectivity index (χ1v) is 17.8. The van der Waals surface area contributed by atoms with E-state index in [4.69, 9.17) is 9.47 Å². The van der Waals surface area contributed by atoms with Gasteiger partial charge in [0.05, 0.1) is 36.7 Å². The molecular weight excluding hydrogens is 677 g/mol. The van der Waals surface area contributed by atoms with E-state index in [0.29, 0.717) is 48.2 Å². The van der Waals surface area contributed by atoms with Crippen LogP contribution in [0.5, 0.6) is 5.75 Å². The average molecular weight is 716 g/mol. The van der Waals surface area contributed by atoms with Crippen molar-refractivity contribution in [3.05, 3.63) is 112 Å². The van der Waals surface area contributed by atoms with Crippen molar-refractivity contribution in [3.63, 3.8) is 0 Å². The molecule has 1 aliphatic heterocycles. The molecule has 2 N–H and O–H groups in total. The van der Waals surface area contributed by atoms with Crippen LogP contribution in [0.2, 0.25) is 0 Å². The number of alkyl halides is 2. The number of aromatic amines is 1. The molecule has 51 heavy (non-hydrogen) atoms. The lowest BCUT2D eigenvalue weighted by Crippen LogP contribution is -2.51. The minimum atomic E-state index is -2.96. The van der Waals surface area contributed by atoms with Gasteiger partial charge in [0.15, 0.2) is 5.69 Å². The largest absolute Gasteiger partial charge is 0.491 e. The number of H-pyrrole nitrogens is 1. The quantitative estimate of drug-likeness (QED) is 0.107. The Labute approximate surface area is 298 Å². The van der Waals surface area contributed by atoms with Gasteiger partial charge in [0.25, 0.3) is 11.8 Å². The maximum Gasteiger partial charge on any atom is 0.276 e. The van der Waals surface area contributed by atoms with E-state index in [-0.39, 0.29) is 35.4 Å². The molecule has 0 saturated carbocycles. The Morgan fingerprint density at radius 1 is 1.08 bits per heavy atom. The summed E-state index contributed by atoms with van der Waals surface area (Å²) >= 11 is 1.38. The van der Waals surface area contributed by atoms with Gasteiger partial charge in [-0.15, -0.1) is 11.3 Å². The second-order valence-electron chi connectivity index (χ2n) is 13.7. The van der Waals surface area contributed by atoms with Crippen molar-refractivity contribution in [2.45, 2.75) is 38.7 Å². The van der Waals surface area contributed by atoms with Gasteiger partial charge in [0.2, 0.25) is 5.78 Å². The van der Waals surface area contributed by atoms with Crippen LogP contribution in [-0.2, 0) is 17.6 Å². The van der Waals surface area contributed by atoms with Crippen molar-refractivity contribution >= 4 is 28.7 Å². The monoisotopic (exact) mass is 715 g/mol. The third kappa shape index (κ3) is 7.48. The van der Waals surface area contributed by atoms with Gasteiger partial charge in [-0.05, 0) is 17.7 Å². The molecule has 3 aromatic heterocycles. The van der Waals surface area contributed by atoms with Crippen LogP contribution in [0.15, 0.2) is 77.9 Å². The van der Waals surface area contributed by atoms with Crippen molar-refractivity contribution in [2.24, 2.45) is 11.3 Å². The summed E-state index contributed by atoms with van der Waals surface area (Å²) in [6, 6.07) is 17.1. The number of likely N-dealkylation sites (tertiary alicyclic amines) is 1. The van der Waals surface area contributed by atoms with Gasteiger partial charge < -0.3 is 19.7 Å². The lowest BCUT2D eigenvalue weighted by molar-refractivity contribution is -0.111. The van der Waals surface area contributed by atoms with Crippen molar-refractivity contribution in [1.82, 2.24) is 29.9 Å². The molecule has 7 rings (SSSR count). The summed E-state index contributed by atoms with van der Waals surface area (Å²) in [4.78, 5) is 32.2. The summed E-state index contributed by atoms with van der Waals surface area (Å²) in [7, 11) is 0. The first-order valence-electron chi connectivity index (χ1n) is 16.9. The zero-order chi connectivity index (χ0) is 35.6. The van der Waals surface area contributed by atoms with E-state index in [1.54, 1.807) is 41.5 Å². The highest BCUT2D eigenvalue weighted by molar-refractivity contribution is 7.07. The number of thiazole rings is 1. The highest BCUT2D eigenvalue weighted by Gasteiger charge is 2.51. The minimum absolute atomic E-state index is 0.00999. The summed E-state index contributed by atoms with van der Waals surface area (Å²) < 4.78 is 43.2. The number of benzene rings is 2. The topological polar surface area (TPSA) is 127 Å². The fraction of sp³-hybridized carbons (Fsp3) is 0.378. The van der Waals surface area contributed by atoms with Crippen molar-refractivity contribution in [2.75, 3.05) is 44.8 Å². The second-order valence-corrected chi connectivity index (χ2v) is 14.4. The molecule has 1 saturated heterocycles. The van der Waals surface area contributed by atoms with E-state index >= 15 is 0 Å². The minimum Gasteiger partial charge on any atom is -0.491 e. The molecule has 1 unspecified atom stereocenters. The zero-order valence-corrected chi connectivity index (χ0v) is 29.2. The number of ketones is 1. The molecule has 0 bridgehead atoms. The van der Waals surface area contributed by atoms with Crippen LogP contribution in [0.25, 0.3) is 0 Å². The van der Waals surface area contributed by atoms with E-state index in [2.05, 4.69) is 42.6 Å². The highest BCUT2D eigenvalue weighted by atomic mass is 32.1. The van der Waals surface area contributed by atoms with Crippen LogP contribution in [0.4, 0.5) is 14.5 Å². The first-order chi connectivity index (χ1) is 24.6. The van der Waals surface area contributed by atoms with E-state index in [0.717, 1.165) is 25.2 Å². The van der Waals surface area contributed by atoms with Crippen LogP contribution < -0.4 is 10.1 Å². The summed E-state index contributed by atoms with van der Waals surface area (Å²) in [5.41, 5.74) is 3.76. The Morgan fingerprint density at radius 2 is 1.90 bits per heavy atom. The molecule has 11 nitrogen and oxygen atoms in total. The van der Waals surface area contributed by atoms with Gasteiger partial charge in [-0.1, -0.05) is 56.3 Å². The zero-order valence-electron chi connectivity index (χ0n) is 28.4. The number of anilines is 1. The van der Waals surface area contributed by atoms with Crippen LogP contribution in [0, 0.1) is 11.3 Å². The molecule has 1 aliphatic carbocycles. The summed E-state index contributed by atoms with van der Waals surface area (Å²) in [6.07, 6.45) is 2.93. The Kier molecular flexibility index (Phi) is 9.81. The van der Waals surface area contributed by atoms with Gasteiger partial charge in [-0.3, -0.25) is 19.4 Å². The van der Waals surface area contributed by atoms with Crippen LogP contribution in [-0.4, -0.2) is 86.9 Å². The molecule has 0 radical (unpaired) electrons. The Morgan fingerprint density at radius 3 is 2.69 bits per heavy atom. The van der Waals surface area contributed by atoms with Gasteiger partial charge in [0.1, 0.15) is 18.1 Å². The molecule has 0 spiro atoms. The number of fused-ring (bicyclic) bond motifs is 1. The van der Waals surface area contributed by atoms with Gasteiger partial charge >= 0.3 is 0 Å². The third-order valence-corrected chi connectivity index (χ3v) is 10.3. The first kappa shape index (κ1) is 34.6. The maximum atomic E-state index is 14.8. The summed E-state index contributed by atoms with van der Waals surface area (Å²) in [6.45, 7) is 6.82. The molecule has 2 aliphatic rings. The molecule has 5 aromatic rings. The number of rotatable bonds is 14. The Hall–Kier alpha value is -4.79. The number of hydrogen-bond acceptors (Lipinski definition) is 9. The van der Waals surface area contributed by atoms with Crippen LogP contribution in [0.1, 0.15) is 63.3 Å². The summed E-state index contributed by atoms with van der Waals surface area (Å²) in [5.74, 6) is -2.77. The highest BCUT2D eigenvalue weighted by Crippen LogP contribution is 2.46. The molecule has 1 atom stereocenters. The fourth-order valence-corrected chi connectivity index (χ4v) is 7.23. The smallest absolute Gasteiger partial charge is 0.276 e. The van der Waals surface area contributed by atoms with Gasteiger partial charge in [0, 0.05) is 72.2 Å². The number of carbonyl (C=O) groups is 2. The number of nitrogens with zero attached hydrogens (tertiary/aromatic N) is 5. The lowest BCUT2D eigenvalue weighted by Gasteiger charge is -2.43. The standard InChI is InChI=1S/C37H39F2N7O4S/c1-36(2)17-30-29(16-37(36,38)39)32(44-43-30)35(48)42-27-18-41-46(21-27)33(24-7-4-3-5-8-24)26-19-45(20-26)11-12-49-13-14-50-28-10-6-9-25(15-28)34(47)31-22-51-23-40-31/h3-10,15,18,21-23,26,33H,11-14,16-17,19-20H2,1-2H3,(H,42,48)(H,43,44). The van der Waals surface area contributed by atoms with Crippen LogP contribution >= 0.6 is 11.3 Å². The van der Waals surface area contributed by atoms with E-state index < -0.39 is 23.7 Å². The Bertz CT molecular complexity index is 1970. The Balaban J connectivity index is 0.898. The molecule has 266 valence electrons. The molecular formula is C37H39F2N7O4S. The van der Waals surface area contributed by atoms with Gasteiger partial charge in [-0.2, -0.15) is 10.2 Å². The number of nitrogens with one attached hydrogen (secondary N) is 2. The average Bonchev–Trinajstić information content (AvgIpc) is 3.87. The molecule has 4 heterocycles. The number of hydrogen-bond donors (Lipinski definition) is 2. The van der Waals surface area contributed by atoms with Gasteiger partial charge in [-0.25, -0.2) is 13.8 Å². The number of aromatic nitrogens is 5. The van der Waals surface area contributed by atoms with Crippen LogP contribution in [0.3, 0.4) is 0 Å². The number of ether oxygens (including phenoxy) is 2. The molecule has 1 amide bonds. The predicted octanol–water partition coefficient (Wildman–Crippen LogP) is 5.92. The number of halogens is 2. The van der Waals surface area contributed by atoms with E-state index in [1.807, 2.05) is 28.9 Å². The SMILES string of the molecule is CC1(C)Cc2[nH]nc(C(=O)Nc3cnn(C(c4ccccc4)C4CN(CCOCCOc5cccc(C(=O)c6cscn6)c5)C4)c3)c2CC1(F)F. The van der Waals surface area contributed by atoms with Crippen molar-refractivity contribution in [3.8, 4) is 5.75 Å². The molecule has 14 heteroatoms. The normalized spacial score (nSPS) is 17.3.